The first-order chi connectivity index (χ1) is 8.95. The normalized spacial score (nSPS) is 11.6. The van der Waals surface area contributed by atoms with Crippen molar-refractivity contribution in [3.63, 3.8) is 0 Å². The van der Waals surface area contributed by atoms with Gasteiger partial charge in [0.15, 0.2) is 5.11 Å². The van der Waals surface area contributed by atoms with E-state index in [-0.39, 0.29) is 0 Å². The molecule has 0 spiro atoms. The summed E-state index contributed by atoms with van der Waals surface area (Å²) in [4.78, 5) is 0. The second-order valence-corrected chi connectivity index (χ2v) is 5.33. The molecule has 3 nitrogen and oxygen atoms in total. The van der Waals surface area contributed by atoms with E-state index in [1.165, 1.54) is 11.1 Å². The maximum Gasteiger partial charge on any atom is 0.191 e. The minimum absolute atomic E-state index is 0.431. The second-order valence-electron chi connectivity index (χ2n) is 4.92. The first-order valence-electron chi connectivity index (χ1n) is 6.65. The van der Waals surface area contributed by atoms with Crippen LogP contribution in [0.3, 0.4) is 0 Å². The summed E-state index contributed by atoms with van der Waals surface area (Å²) < 4.78 is 0. The number of anilines is 1. The molecule has 0 aromatic heterocycles. The van der Waals surface area contributed by atoms with Crippen molar-refractivity contribution in [2.24, 2.45) is 11.0 Å². The molecule has 0 unspecified atom stereocenters. The first kappa shape index (κ1) is 15.6. The highest BCUT2D eigenvalue weighted by Gasteiger charge is 2.04. The van der Waals surface area contributed by atoms with Crippen LogP contribution in [0, 0.1) is 19.8 Å². The Morgan fingerprint density at radius 2 is 2.00 bits per heavy atom. The average Bonchev–Trinajstić information content (AvgIpc) is 2.35. The van der Waals surface area contributed by atoms with Crippen molar-refractivity contribution in [2.45, 2.75) is 41.0 Å². The second kappa shape index (κ2) is 7.24. The summed E-state index contributed by atoms with van der Waals surface area (Å²) in [6, 6.07) is 6.12. The molecule has 0 radical (unpaired) electrons. The van der Waals surface area contributed by atoms with Crippen molar-refractivity contribution in [1.29, 1.82) is 0 Å². The lowest BCUT2D eigenvalue weighted by atomic mass is 10.1. The molecular weight excluding hydrogens is 254 g/mol. The fourth-order valence-electron chi connectivity index (χ4n) is 1.78. The van der Waals surface area contributed by atoms with E-state index in [1.54, 1.807) is 0 Å². The van der Waals surface area contributed by atoms with Crippen molar-refractivity contribution in [2.75, 3.05) is 5.32 Å². The van der Waals surface area contributed by atoms with Crippen LogP contribution < -0.4 is 10.7 Å². The lowest BCUT2D eigenvalue weighted by molar-refractivity contribution is 0.833. The maximum absolute atomic E-state index is 5.26. The number of nitrogens with zero attached hydrogens (tertiary/aromatic N) is 1. The van der Waals surface area contributed by atoms with E-state index in [0.717, 1.165) is 17.8 Å². The lowest BCUT2D eigenvalue weighted by Crippen LogP contribution is -2.26. The Bertz CT molecular complexity index is 478. The Morgan fingerprint density at radius 3 is 2.58 bits per heavy atom. The van der Waals surface area contributed by atoms with Gasteiger partial charge in [-0.2, -0.15) is 5.10 Å². The molecular formula is C15H23N3S. The summed E-state index contributed by atoms with van der Waals surface area (Å²) in [5.41, 5.74) is 7.50. The molecule has 0 heterocycles. The van der Waals surface area contributed by atoms with Crippen molar-refractivity contribution >= 4 is 28.7 Å². The van der Waals surface area contributed by atoms with Gasteiger partial charge < -0.3 is 5.32 Å². The maximum atomic E-state index is 5.26. The smallest absolute Gasteiger partial charge is 0.191 e. The van der Waals surface area contributed by atoms with Crippen LogP contribution in [-0.2, 0) is 0 Å². The third kappa shape index (κ3) is 4.63. The van der Waals surface area contributed by atoms with Crippen molar-refractivity contribution in [3.05, 3.63) is 29.3 Å². The Morgan fingerprint density at radius 1 is 1.32 bits per heavy atom. The number of hydrogen-bond acceptors (Lipinski definition) is 2. The fraction of sp³-hybridized carbons (Fsp3) is 0.467. The van der Waals surface area contributed by atoms with Crippen LogP contribution in [0.15, 0.2) is 23.3 Å². The molecule has 19 heavy (non-hydrogen) atoms. The SMILES string of the molecule is CC/C(=N/NC(=S)Nc1cccc(C)c1C)C(C)C. The first-order valence-corrected chi connectivity index (χ1v) is 7.06. The van der Waals surface area contributed by atoms with Gasteiger partial charge in [0.25, 0.3) is 0 Å². The largest absolute Gasteiger partial charge is 0.331 e. The summed E-state index contributed by atoms with van der Waals surface area (Å²) >= 11 is 5.26. The van der Waals surface area contributed by atoms with Gasteiger partial charge in [-0.1, -0.05) is 32.9 Å². The van der Waals surface area contributed by atoms with Crippen LogP contribution in [-0.4, -0.2) is 10.8 Å². The van der Waals surface area contributed by atoms with E-state index in [0.29, 0.717) is 11.0 Å². The molecule has 104 valence electrons. The molecule has 0 saturated heterocycles. The molecule has 0 bridgehead atoms. The van der Waals surface area contributed by atoms with E-state index in [1.807, 2.05) is 12.1 Å². The molecule has 0 aliphatic carbocycles. The van der Waals surface area contributed by atoms with E-state index in [9.17, 15) is 0 Å². The van der Waals surface area contributed by atoms with Crippen LogP contribution >= 0.6 is 12.2 Å². The summed E-state index contributed by atoms with van der Waals surface area (Å²) in [6.07, 6.45) is 0.927. The third-order valence-electron chi connectivity index (χ3n) is 3.18. The molecule has 0 aliphatic rings. The van der Waals surface area contributed by atoms with Crippen molar-refractivity contribution in [1.82, 2.24) is 5.43 Å². The number of rotatable bonds is 4. The van der Waals surface area contributed by atoms with E-state index >= 15 is 0 Å². The van der Waals surface area contributed by atoms with Crippen LogP contribution in [0.1, 0.15) is 38.3 Å². The van der Waals surface area contributed by atoms with Crippen molar-refractivity contribution < 1.29 is 0 Å². The van der Waals surface area contributed by atoms with Gasteiger partial charge in [0.1, 0.15) is 0 Å². The van der Waals surface area contributed by atoms with Gasteiger partial charge in [0.05, 0.1) is 0 Å². The van der Waals surface area contributed by atoms with Gasteiger partial charge in [-0.05, 0) is 55.6 Å². The standard InChI is InChI=1S/C15H23N3S/c1-6-13(10(2)3)17-18-15(19)16-14-9-7-8-11(4)12(14)5/h7-10H,6H2,1-5H3,(H2,16,18,19)/b17-13-. The monoisotopic (exact) mass is 277 g/mol. The van der Waals surface area contributed by atoms with E-state index in [2.05, 4.69) is 56.5 Å². The summed E-state index contributed by atoms with van der Waals surface area (Å²) in [6.45, 7) is 10.5. The molecule has 1 rings (SSSR count). The van der Waals surface area contributed by atoms with E-state index in [4.69, 9.17) is 12.2 Å². The molecule has 0 fully saturated rings. The fourth-order valence-corrected chi connectivity index (χ4v) is 1.93. The molecule has 1 aromatic rings. The summed E-state index contributed by atoms with van der Waals surface area (Å²) in [5.74, 6) is 0.431. The number of hydrazone groups is 1. The van der Waals surface area contributed by atoms with Crippen LogP contribution in [0.5, 0.6) is 0 Å². The number of hydrogen-bond donors (Lipinski definition) is 2. The zero-order valence-corrected chi connectivity index (χ0v) is 13.2. The summed E-state index contributed by atoms with van der Waals surface area (Å²) in [5, 5.41) is 8.06. The minimum Gasteiger partial charge on any atom is -0.331 e. The van der Waals surface area contributed by atoms with Crippen molar-refractivity contribution in [3.8, 4) is 0 Å². The number of nitrogens with one attached hydrogen (secondary N) is 2. The highest BCUT2D eigenvalue weighted by Crippen LogP contribution is 2.17. The Hall–Kier alpha value is -1.42. The van der Waals surface area contributed by atoms with Gasteiger partial charge in [-0.25, -0.2) is 0 Å². The zero-order valence-electron chi connectivity index (χ0n) is 12.4. The lowest BCUT2D eigenvalue weighted by Gasteiger charge is -2.13. The highest BCUT2D eigenvalue weighted by atomic mass is 32.1. The Kier molecular flexibility index (Phi) is 5.96. The van der Waals surface area contributed by atoms with Gasteiger partial charge in [0.2, 0.25) is 0 Å². The predicted molar refractivity (Wildman–Crippen MR) is 87.8 cm³/mol. The molecule has 4 heteroatoms. The highest BCUT2D eigenvalue weighted by molar-refractivity contribution is 7.80. The zero-order chi connectivity index (χ0) is 14.4. The number of benzene rings is 1. The van der Waals surface area contributed by atoms with Gasteiger partial charge in [0, 0.05) is 11.4 Å². The molecule has 0 aliphatic heterocycles. The van der Waals surface area contributed by atoms with Crippen LogP contribution in [0.4, 0.5) is 5.69 Å². The molecule has 0 atom stereocenters. The number of aryl methyl sites for hydroxylation is 1. The quantitative estimate of drug-likeness (QED) is 0.496. The van der Waals surface area contributed by atoms with Gasteiger partial charge in [-0.3, -0.25) is 5.43 Å². The summed E-state index contributed by atoms with van der Waals surface area (Å²) in [7, 11) is 0. The molecule has 1 aromatic carbocycles. The van der Waals surface area contributed by atoms with Crippen LogP contribution in [0.25, 0.3) is 0 Å². The number of thiocarbonyl (C=S) groups is 1. The Labute approximate surface area is 121 Å². The minimum atomic E-state index is 0.431. The average molecular weight is 277 g/mol. The van der Waals surface area contributed by atoms with E-state index < -0.39 is 0 Å². The molecule has 0 amide bonds. The predicted octanol–water partition coefficient (Wildman–Crippen LogP) is 4.01. The van der Waals surface area contributed by atoms with Gasteiger partial charge in [-0.15, -0.1) is 0 Å². The topological polar surface area (TPSA) is 36.4 Å². The third-order valence-corrected chi connectivity index (χ3v) is 3.38. The molecule has 0 saturated carbocycles. The molecule has 2 N–H and O–H groups in total. The van der Waals surface area contributed by atoms with Crippen LogP contribution in [0.2, 0.25) is 0 Å². The van der Waals surface area contributed by atoms with Gasteiger partial charge >= 0.3 is 0 Å². The Balaban J connectivity index is 2.68.